The Bertz CT molecular complexity index is 1270. The number of rotatable bonds is 9. The highest BCUT2D eigenvalue weighted by molar-refractivity contribution is 6.05. The molecule has 4 rings (SSSR count). The lowest BCUT2D eigenvalue weighted by Gasteiger charge is -2.33. The second kappa shape index (κ2) is 11.1. The second-order valence-electron chi connectivity index (χ2n) is 8.92. The Kier molecular flexibility index (Phi) is 7.68. The number of ketones is 1. The number of nitrogens with zero attached hydrogens (tertiary/aromatic N) is 1. The number of amides is 2. The number of carbonyl (C=O) groups is 3. The summed E-state index contributed by atoms with van der Waals surface area (Å²) in [6.07, 6.45) is 0.687. The van der Waals surface area contributed by atoms with Gasteiger partial charge in [-0.15, -0.1) is 0 Å². The van der Waals surface area contributed by atoms with Crippen LogP contribution in [-0.4, -0.2) is 43.4 Å². The maximum atomic E-state index is 12.9. The molecule has 1 N–H and O–H groups in total. The van der Waals surface area contributed by atoms with Crippen molar-refractivity contribution in [1.29, 1.82) is 0 Å². The first-order chi connectivity index (χ1) is 17.3. The summed E-state index contributed by atoms with van der Waals surface area (Å²) in [5.74, 6) is 0.236. The van der Waals surface area contributed by atoms with Gasteiger partial charge in [-0.2, -0.15) is 0 Å². The smallest absolute Gasteiger partial charge is 0.265 e. The lowest BCUT2D eigenvalue weighted by Crippen LogP contribution is -2.51. The van der Waals surface area contributed by atoms with Crippen LogP contribution in [0, 0.1) is 13.8 Å². The number of carbonyl (C=O) groups excluding carboxylic acids is 3. The molecule has 0 fully saturated rings. The average Bonchev–Trinajstić information content (AvgIpc) is 2.87. The van der Waals surface area contributed by atoms with Gasteiger partial charge in [0, 0.05) is 12.1 Å². The van der Waals surface area contributed by atoms with Crippen LogP contribution in [0.4, 0.5) is 5.69 Å². The molecule has 7 heteroatoms. The monoisotopic (exact) mass is 486 g/mol. The summed E-state index contributed by atoms with van der Waals surface area (Å²) < 4.78 is 11.3. The fourth-order valence-electron chi connectivity index (χ4n) is 4.20. The van der Waals surface area contributed by atoms with Crippen molar-refractivity contribution in [2.75, 3.05) is 24.7 Å². The van der Waals surface area contributed by atoms with Crippen LogP contribution >= 0.6 is 0 Å². The standard InChI is InChI=1S/C29H30N2O5/c1-19-9-11-26(20(2)15-19)35-17-25(32)23-10-12-27-24(16-23)31(28(33)18-36-27)21(3)29(34)30-14-13-22-7-5-4-6-8-22/h4-12,15-16,21H,13-14,17-18H2,1-3H3,(H,30,34)/t21-/m0/s1. The van der Waals surface area contributed by atoms with E-state index in [1.165, 1.54) is 4.90 Å². The first-order valence-corrected chi connectivity index (χ1v) is 12.0. The van der Waals surface area contributed by atoms with E-state index in [-0.39, 0.29) is 30.8 Å². The number of Topliss-reactive ketones (excluding diaryl/α,β-unsaturated/α-hetero) is 1. The Balaban J connectivity index is 1.45. The molecule has 0 saturated carbocycles. The average molecular weight is 487 g/mol. The number of benzene rings is 3. The van der Waals surface area contributed by atoms with Gasteiger partial charge in [-0.05, 0) is 62.6 Å². The van der Waals surface area contributed by atoms with Crippen molar-refractivity contribution in [2.24, 2.45) is 0 Å². The number of ether oxygens (including phenoxy) is 2. The molecule has 1 heterocycles. The molecule has 1 aliphatic rings. The molecule has 36 heavy (non-hydrogen) atoms. The molecule has 0 aromatic heterocycles. The molecule has 186 valence electrons. The maximum absolute atomic E-state index is 12.9. The highest BCUT2D eigenvalue weighted by Gasteiger charge is 2.33. The highest BCUT2D eigenvalue weighted by atomic mass is 16.5. The molecule has 1 aliphatic heterocycles. The summed E-state index contributed by atoms with van der Waals surface area (Å²) in [6, 6.07) is 19.7. The van der Waals surface area contributed by atoms with Crippen LogP contribution in [0.2, 0.25) is 0 Å². The molecule has 1 atom stereocenters. The number of fused-ring (bicyclic) bond motifs is 1. The summed E-state index contributed by atoms with van der Waals surface area (Å²) in [4.78, 5) is 40.0. The van der Waals surface area contributed by atoms with E-state index < -0.39 is 6.04 Å². The molecular formula is C29H30N2O5. The molecule has 0 unspecified atom stereocenters. The molecule has 0 aliphatic carbocycles. The quantitative estimate of drug-likeness (QED) is 0.462. The Morgan fingerprint density at radius 1 is 1.06 bits per heavy atom. The van der Waals surface area contributed by atoms with E-state index in [1.54, 1.807) is 25.1 Å². The third-order valence-electron chi connectivity index (χ3n) is 6.17. The van der Waals surface area contributed by atoms with Crippen LogP contribution in [0.25, 0.3) is 0 Å². The summed E-state index contributed by atoms with van der Waals surface area (Å²) in [5.41, 5.74) is 3.95. The minimum Gasteiger partial charge on any atom is -0.485 e. The summed E-state index contributed by atoms with van der Waals surface area (Å²) in [7, 11) is 0. The van der Waals surface area contributed by atoms with Crippen molar-refractivity contribution < 1.29 is 23.9 Å². The number of hydrogen-bond donors (Lipinski definition) is 1. The predicted octanol–water partition coefficient (Wildman–Crippen LogP) is 4.04. The second-order valence-corrected chi connectivity index (χ2v) is 8.92. The number of aryl methyl sites for hydroxylation is 2. The molecular weight excluding hydrogens is 456 g/mol. The number of anilines is 1. The minimum absolute atomic E-state index is 0.146. The topological polar surface area (TPSA) is 84.9 Å². The fourth-order valence-corrected chi connectivity index (χ4v) is 4.20. The van der Waals surface area contributed by atoms with E-state index in [0.717, 1.165) is 16.7 Å². The Morgan fingerprint density at radius 2 is 1.83 bits per heavy atom. The van der Waals surface area contributed by atoms with Crippen molar-refractivity contribution in [3.63, 3.8) is 0 Å². The maximum Gasteiger partial charge on any atom is 0.265 e. The lowest BCUT2D eigenvalue weighted by atomic mass is 10.1. The molecule has 0 spiro atoms. The van der Waals surface area contributed by atoms with Crippen molar-refractivity contribution in [1.82, 2.24) is 5.32 Å². The first kappa shape index (κ1) is 25.0. The third-order valence-corrected chi connectivity index (χ3v) is 6.17. The molecule has 0 saturated heterocycles. The zero-order chi connectivity index (χ0) is 25.7. The van der Waals surface area contributed by atoms with E-state index in [9.17, 15) is 14.4 Å². The van der Waals surface area contributed by atoms with E-state index in [0.29, 0.717) is 35.7 Å². The largest absolute Gasteiger partial charge is 0.485 e. The first-order valence-electron chi connectivity index (χ1n) is 12.0. The van der Waals surface area contributed by atoms with Gasteiger partial charge < -0.3 is 14.8 Å². The summed E-state index contributed by atoms with van der Waals surface area (Å²) in [5, 5.41) is 2.90. The van der Waals surface area contributed by atoms with Crippen LogP contribution < -0.4 is 19.7 Å². The van der Waals surface area contributed by atoms with Crippen LogP contribution in [0.1, 0.15) is 34.0 Å². The predicted molar refractivity (Wildman–Crippen MR) is 138 cm³/mol. The summed E-state index contributed by atoms with van der Waals surface area (Å²) >= 11 is 0. The van der Waals surface area contributed by atoms with E-state index in [2.05, 4.69) is 5.32 Å². The number of hydrogen-bond acceptors (Lipinski definition) is 5. The van der Waals surface area contributed by atoms with Gasteiger partial charge in [-0.25, -0.2) is 0 Å². The summed E-state index contributed by atoms with van der Waals surface area (Å²) in [6.45, 7) is 5.73. The van der Waals surface area contributed by atoms with Crippen LogP contribution in [0.3, 0.4) is 0 Å². The van der Waals surface area contributed by atoms with Gasteiger partial charge in [0.2, 0.25) is 5.91 Å². The Morgan fingerprint density at radius 3 is 2.58 bits per heavy atom. The van der Waals surface area contributed by atoms with Gasteiger partial charge in [0.25, 0.3) is 5.91 Å². The minimum atomic E-state index is -0.771. The van der Waals surface area contributed by atoms with Crippen LogP contribution in [-0.2, 0) is 16.0 Å². The molecule has 0 radical (unpaired) electrons. The van der Waals surface area contributed by atoms with Gasteiger partial charge in [0.05, 0.1) is 5.69 Å². The SMILES string of the molecule is Cc1ccc(OCC(=O)c2ccc3c(c2)N([C@@H](C)C(=O)NCCc2ccccc2)C(=O)CO3)c(C)c1. The van der Waals surface area contributed by atoms with Crippen molar-refractivity contribution >= 4 is 23.3 Å². The fraction of sp³-hybridized carbons (Fsp3) is 0.276. The Labute approximate surface area is 211 Å². The van der Waals surface area contributed by atoms with Crippen molar-refractivity contribution in [2.45, 2.75) is 33.2 Å². The normalized spacial score (nSPS) is 13.4. The molecule has 3 aromatic rings. The third kappa shape index (κ3) is 5.74. The van der Waals surface area contributed by atoms with Gasteiger partial charge in [0.15, 0.2) is 19.0 Å². The molecule has 3 aromatic carbocycles. The van der Waals surface area contributed by atoms with Crippen molar-refractivity contribution in [3.8, 4) is 11.5 Å². The van der Waals surface area contributed by atoms with Crippen molar-refractivity contribution in [3.05, 3.63) is 89.0 Å². The Hall–Kier alpha value is -4.13. The zero-order valence-electron chi connectivity index (χ0n) is 20.7. The highest BCUT2D eigenvalue weighted by Crippen LogP contribution is 2.34. The van der Waals surface area contributed by atoms with Crippen LogP contribution in [0.15, 0.2) is 66.7 Å². The van der Waals surface area contributed by atoms with E-state index in [4.69, 9.17) is 9.47 Å². The van der Waals surface area contributed by atoms with E-state index in [1.807, 2.05) is 62.4 Å². The number of nitrogens with one attached hydrogen (secondary N) is 1. The van der Waals surface area contributed by atoms with E-state index >= 15 is 0 Å². The molecule has 2 amide bonds. The molecule has 7 nitrogen and oxygen atoms in total. The molecule has 0 bridgehead atoms. The van der Waals surface area contributed by atoms with Crippen LogP contribution in [0.5, 0.6) is 11.5 Å². The lowest BCUT2D eigenvalue weighted by molar-refractivity contribution is -0.127. The van der Waals surface area contributed by atoms with Gasteiger partial charge in [-0.1, -0.05) is 48.0 Å². The van der Waals surface area contributed by atoms with Gasteiger partial charge >= 0.3 is 0 Å². The van der Waals surface area contributed by atoms with Gasteiger partial charge in [0.1, 0.15) is 17.5 Å². The van der Waals surface area contributed by atoms with Gasteiger partial charge in [-0.3, -0.25) is 19.3 Å². The zero-order valence-corrected chi connectivity index (χ0v) is 20.7.